The van der Waals surface area contributed by atoms with Gasteiger partial charge >= 0.3 is 0 Å². The number of aliphatic hydroxyl groups is 3. The molecule has 0 aromatic rings. The molecule has 3 N–H and O–H groups in total. The van der Waals surface area contributed by atoms with Gasteiger partial charge in [-0.1, -0.05) is 0 Å². The summed E-state index contributed by atoms with van der Waals surface area (Å²) in [7, 11) is 0. The minimum atomic E-state index is 0. The van der Waals surface area contributed by atoms with Crippen LogP contribution in [-0.2, 0) is 18.6 Å². The van der Waals surface area contributed by atoms with Crippen molar-refractivity contribution in [2.75, 3.05) is 19.8 Å². The largest absolute Gasteiger partial charge is 1.00 e. The second-order valence-corrected chi connectivity index (χ2v) is 0.949. The van der Waals surface area contributed by atoms with Gasteiger partial charge in [0.1, 0.15) is 0 Å². The molecule has 0 spiro atoms. The Morgan fingerprint density at radius 2 is 0.727 bits per heavy atom. The summed E-state index contributed by atoms with van der Waals surface area (Å²) in [6.45, 7) is 5.79. The van der Waals surface area contributed by atoms with Crippen LogP contribution in [0.2, 0.25) is 0 Å². The van der Waals surface area contributed by atoms with Crippen LogP contribution in [0.3, 0.4) is 0 Å². The molecule has 0 amide bonds. The van der Waals surface area contributed by atoms with Crippen LogP contribution in [0.1, 0.15) is 20.8 Å². The first-order valence-corrected chi connectivity index (χ1v) is 3.07. The third kappa shape index (κ3) is 982. The third-order valence-electron chi connectivity index (χ3n) is 0. The summed E-state index contributed by atoms with van der Waals surface area (Å²) in [5.74, 6) is 0. The van der Waals surface area contributed by atoms with E-state index in [1.165, 1.54) is 0 Å². The molecule has 0 aromatic heterocycles. The molecular weight excluding hydrogens is 251 g/mol. The van der Waals surface area contributed by atoms with Crippen molar-refractivity contribution in [2.24, 2.45) is 0 Å². The summed E-state index contributed by atoms with van der Waals surface area (Å²) in [5, 5.41) is 22.7. The Morgan fingerprint density at radius 1 is 0.727 bits per heavy atom. The van der Waals surface area contributed by atoms with Crippen LogP contribution >= 0.6 is 0 Å². The predicted octanol–water partition coefficient (Wildman–Crippen LogP) is -3.00. The van der Waals surface area contributed by atoms with E-state index in [4.69, 9.17) is 15.3 Å². The monoisotopic (exact) mass is 268 g/mol. The van der Waals surface area contributed by atoms with Crippen molar-refractivity contribution < 1.29 is 50.9 Å². The van der Waals surface area contributed by atoms with Gasteiger partial charge < -0.3 is 32.3 Å². The summed E-state index contributed by atoms with van der Waals surface area (Å²) in [5.41, 5.74) is 0. The van der Waals surface area contributed by atoms with E-state index in [1.54, 1.807) is 20.8 Å². The summed E-state index contributed by atoms with van der Waals surface area (Å²) in [4.78, 5) is 0. The number of hydrogen-bond acceptors (Lipinski definition) is 3. The van der Waals surface area contributed by atoms with Gasteiger partial charge in [-0.2, -0.15) is 0 Å². The van der Waals surface area contributed by atoms with Crippen LogP contribution in [0.25, 0.3) is 0 Å². The molecule has 0 saturated carbocycles. The van der Waals surface area contributed by atoms with Gasteiger partial charge in [0.25, 0.3) is 0 Å². The normalized spacial score (nSPS) is 4.91. The fourth-order valence-corrected chi connectivity index (χ4v) is 0. The van der Waals surface area contributed by atoms with E-state index in [0.29, 0.717) is 0 Å². The first-order chi connectivity index (χ1) is 4.24. The maximum absolute atomic E-state index is 7.57. The van der Waals surface area contributed by atoms with E-state index in [0.717, 1.165) is 0 Å². The molecule has 0 aliphatic heterocycles. The fourth-order valence-electron chi connectivity index (χ4n) is 0. The molecule has 0 atom stereocenters. The van der Waals surface area contributed by atoms with Crippen molar-refractivity contribution in [1.82, 2.24) is 0 Å². The molecule has 1 radical (unpaired) electrons. The summed E-state index contributed by atoms with van der Waals surface area (Å²) in [6, 6.07) is 0. The number of rotatable bonds is 0. The van der Waals surface area contributed by atoms with Gasteiger partial charge in [0, 0.05) is 38.4 Å². The van der Waals surface area contributed by atoms with E-state index in [9.17, 15) is 0 Å². The second-order valence-electron chi connectivity index (χ2n) is 0.949. The van der Waals surface area contributed by atoms with E-state index in [1.807, 2.05) is 0 Å². The zero-order valence-electron chi connectivity index (χ0n) is 7.29. The van der Waals surface area contributed by atoms with Gasteiger partial charge in [0.15, 0.2) is 0 Å². The van der Waals surface area contributed by atoms with Gasteiger partial charge in [0.05, 0.1) is 0 Å². The molecule has 0 rings (SSSR count). The molecule has 0 aliphatic carbocycles. The van der Waals surface area contributed by atoms with Crippen molar-refractivity contribution in [1.29, 1.82) is 0 Å². The maximum Gasteiger partial charge on any atom is 0.0402 e. The molecule has 73 valence electrons. The van der Waals surface area contributed by atoms with Crippen LogP contribution < -0.4 is 17.0 Å². The quantitative estimate of drug-likeness (QED) is 0.439. The molecule has 3 nitrogen and oxygen atoms in total. The molecule has 0 unspecified atom stereocenters. The Balaban J connectivity index is -0.0000000150. The van der Waals surface area contributed by atoms with E-state index in [-0.39, 0.29) is 55.4 Å². The SMILES string of the molecule is CCO.CCO.CCO.[Br-].[V]. The molecule has 0 fully saturated rings. The number of aliphatic hydroxyl groups excluding tert-OH is 3. The zero-order chi connectivity index (χ0) is 8.12. The molecule has 11 heavy (non-hydrogen) atoms. The molecule has 0 heterocycles. The molecule has 0 aromatic carbocycles. The molecule has 5 heteroatoms. The van der Waals surface area contributed by atoms with Gasteiger partial charge in [-0.25, -0.2) is 0 Å². The summed E-state index contributed by atoms with van der Waals surface area (Å²) in [6.07, 6.45) is 0. The van der Waals surface area contributed by atoms with Crippen LogP contribution in [0, 0.1) is 0 Å². The minimum Gasteiger partial charge on any atom is -1.00 e. The molecular formula is C6H18BrO3V-. The van der Waals surface area contributed by atoms with Gasteiger partial charge in [0.2, 0.25) is 0 Å². The van der Waals surface area contributed by atoms with Crippen LogP contribution in [-0.4, -0.2) is 35.1 Å². The fraction of sp³-hybridized carbons (Fsp3) is 1.00. The Morgan fingerprint density at radius 3 is 0.727 bits per heavy atom. The average molecular weight is 269 g/mol. The predicted molar refractivity (Wildman–Crippen MR) is 38.3 cm³/mol. The van der Waals surface area contributed by atoms with Gasteiger partial charge in [-0.15, -0.1) is 0 Å². The van der Waals surface area contributed by atoms with Crippen molar-refractivity contribution in [3.8, 4) is 0 Å². The van der Waals surface area contributed by atoms with Gasteiger partial charge in [-0.3, -0.25) is 0 Å². The van der Waals surface area contributed by atoms with E-state index < -0.39 is 0 Å². The molecule has 0 bridgehead atoms. The van der Waals surface area contributed by atoms with Crippen LogP contribution in [0.5, 0.6) is 0 Å². The topological polar surface area (TPSA) is 60.7 Å². The zero-order valence-corrected chi connectivity index (χ0v) is 10.3. The van der Waals surface area contributed by atoms with Crippen LogP contribution in [0.4, 0.5) is 0 Å². The maximum atomic E-state index is 7.57. The Bertz CT molecular complexity index is 22.5. The molecule has 0 saturated heterocycles. The Kier molecular flexibility index (Phi) is 188. The third-order valence-corrected chi connectivity index (χ3v) is 0. The Hall–Kier alpha value is 0.944. The second kappa shape index (κ2) is 69.6. The summed E-state index contributed by atoms with van der Waals surface area (Å²) < 4.78 is 0. The molecule has 0 aliphatic rings. The first kappa shape index (κ1) is 29.7. The van der Waals surface area contributed by atoms with Crippen molar-refractivity contribution >= 4 is 0 Å². The first-order valence-electron chi connectivity index (χ1n) is 3.07. The smallest absolute Gasteiger partial charge is 0.0402 e. The van der Waals surface area contributed by atoms with Crippen molar-refractivity contribution in [2.45, 2.75) is 20.8 Å². The van der Waals surface area contributed by atoms with E-state index in [2.05, 4.69) is 0 Å². The van der Waals surface area contributed by atoms with Crippen molar-refractivity contribution in [3.05, 3.63) is 0 Å². The number of hydrogen-bond donors (Lipinski definition) is 3. The average Bonchev–Trinajstić information content (AvgIpc) is 1.70. The van der Waals surface area contributed by atoms with E-state index >= 15 is 0 Å². The Labute approximate surface area is 91.5 Å². The van der Waals surface area contributed by atoms with Gasteiger partial charge in [-0.05, 0) is 20.8 Å². The van der Waals surface area contributed by atoms with Crippen molar-refractivity contribution in [3.63, 3.8) is 0 Å². The number of halogens is 1. The van der Waals surface area contributed by atoms with Crippen LogP contribution in [0.15, 0.2) is 0 Å². The minimum absolute atomic E-state index is 0. The summed E-state index contributed by atoms with van der Waals surface area (Å²) >= 11 is 0. The standard InChI is InChI=1S/3C2H6O.BrH.V/c3*1-2-3;;/h3*3H,2H2,1H3;1H;/p-1.